The Bertz CT molecular complexity index is 963. The van der Waals surface area contributed by atoms with Gasteiger partial charge in [0.05, 0.1) is 16.3 Å². The molecule has 0 aliphatic heterocycles. The number of aromatic nitrogens is 2. The number of hydrogen-bond donors (Lipinski definition) is 1. The second-order valence-electron chi connectivity index (χ2n) is 5.03. The van der Waals surface area contributed by atoms with E-state index in [4.69, 9.17) is 11.6 Å². The average molecular weight is 369 g/mol. The van der Waals surface area contributed by atoms with Crippen LogP contribution in [0, 0.1) is 11.3 Å². The number of carbonyl (C=O) groups is 1. The highest BCUT2D eigenvalue weighted by Crippen LogP contribution is 2.29. The molecule has 0 aliphatic carbocycles. The predicted molar refractivity (Wildman–Crippen MR) is 99.5 cm³/mol. The summed E-state index contributed by atoms with van der Waals surface area (Å²) in [6.07, 6.45) is 1.86. The summed E-state index contributed by atoms with van der Waals surface area (Å²) in [5, 5.41) is 17.6. The van der Waals surface area contributed by atoms with Gasteiger partial charge in [-0.1, -0.05) is 41.9 Å². The lowest BCUT2D eigenvalue weighted by Crippen LogP contribution is -2.13. The molecule has 0 bridgehead atoms. The quantitative estimate of drug-likeness (QED) is 0.694. The molecule has 0 atom stereocenters. The number of nitriles is 1. The molecule has 1 N–H and O–H groups in total. The van der Waals surface area contributed by atoms with Crippen LogP contribution in [0.1, 0.15) is 15.9 Å². The normalized spacial score (nSPS) is 10.3. The van der Waals surface area contributed by atoms with Gasteiger partial charge >= 0.3 is 0 Å². The fraction of sp³-hybridized carbons (Fsp3) is 0.0556. The van der Waals surface area contributed by atoms with Crippen LogP contribution in [0.3, 0.4) is 0 Å². The summed E-state index contributed by atoms with van der Waals surface area (Å²) in [7, 11) is 0. The zero-order valence-corrected chi connectivity index (χ0v) is 14.8. The maximum atomic E-state index is 12.5. The van der Waals surface area contributed by atoms with Gasteiger partial charge in [0, 0.05) is 0 Å². The SMILES string of the molecule is CSc1c(C#N)c(NC(=O)c2ccccc2Cl)nn1-c1ccccc1. The smallest absolute Gasteiger partial charge is 0.258 e. The van der Waals surface area contributed by atoms with Gasteiger partial charge in [-0.2, -0.15) is 5.26 Å². The van der Waals surface area contributed by atoms with Gasteiger partial charge in [-0.3, -0.25) is 4.79 Å². The topological polar surface area (TPSA) is 70.7 Å². The molecule has 0 unspecified atom stereocenters. The van der Waals surface area contributed by atoms with Crippen LogP contribution in [-0.2, 0) is 0 Å². The Hall–Kier alpha value is -2.75. The lowest BCUT2D eigenvalue weighted by molar-refractivity contribution is 0.102. The molecule has 0 aliphatic rings. The fourth-order valence-corrected chi connectivity index (χ4v) is 3.23. The maximum absolute atomic E-state index is 12.5. The standard InChI is InChI=1S/C18H13ClN4OS/c1-25-18-14(11-20)16(22-23(18)12-7-3-2-4-8-12)21-17(24)13-9-5-6-10-15(13)19/h2-10H,1H3,(H,21,22,24). The van der Waals surface area contributed by atoms with Crippen LogP contribution >= 0.6 is 23.4 Å². The van der Waals surface area contributed by atoms with Gasteiger partial charge in [0.25, 0.3) is 5.91 Å². The van der Waals surface area contributed by atoms with E-state index in [0.717, 1.165) is 5.69 Å². The number of halogens is 1. The van der Waals surface area contributed by atoms with E-state index in [-0.39, 0.29) is 5.82 Å². The van der Waals surface area contributed by atoms with Gasteiger partial charge in [0.1, 0.15) is 16.7 Å². The summed E-state index contributed by atoms with van der Waals surface area (Å²) in [5.74, 6) is -0.201. The van der Waals surface area contributed by atoms with Crippen molar-refractivity contribution in [2.24, 2.45) is 0 Å². The van der Waals surface area contributed by atoms with Gasteiger partial charge < -0.3 is 5.32 Å². The molecule has 1 aromatic heterocycles. The summed E-state index contributed by atoms with van der Waals surface area (Å²) in [4.78, 5) is 12.5. The van der Waals surface area contributed by atoms with Crippen LogP contribution in [0.25, 0.3) is 5.69 Å². The second kappa shape index (κ2) is 7.43. The molecule has 0 fully saturated rings. The van der Waals surface area contributed by atoms with Gasteiger partial charge in [0.2, 0.25) is 0 Å². The number of hydrogen-bond acceptors (Lipinski definition) is 4. The van der Waals surface area contributed by atoms with Crippen molar-refractivity contribution in [2.75, 3.05) is 11.6 Å². The molecule has 124 valence electrons. The first-order valence-corrected chi connectivity index (χ1v) is 8.94. The highest BCUT2D eigenvalue weighted by molar-refractivity contribution is 7.98. The molecule has 2 aromatic carbocycles. The van der Waals surface area contributed by atoms with Crippen molar-refractivity contribution in [1.29, 1.82) is 5.26 Å². The average Bonchev–Trinajstić information content (AvgIpc) is 3.00. The molecule has 0 saturated heterocycles. The van der Waals surface area contributed by atoms with Crippen molar-refractivity contribution in [3.05, 3.63) is 70.7 Å². The third kappa shape index (κ3) is 3.38. The lowest BCUT2D eigenvalue weighted by atomic mass is 10.2. The Morgan fingerprint density at radius 3 is 2.52 bits per heavy atom. The Kier molecular flexibility index (Phi) is 5.08. The van der Waals surface area contributed by atoms with Crippen molar-refractivity contribution in [3.8, 4) is 11.8 Å². The maximum Gasteiger partial charge on any atom is 0.258 e. The number of nitrogens with zero attached hydrogens (tertiary/aromatic N) is 3. The predicted octanol–water partition coefficient (Wildman–Crippen LogP) is 4.37. The van der Waals surface area contributed by atoms with Gasteiger partial charge in [0.15, 0.2) is 5.82 Å². The zero-order chi connectivity index (χ0) is 17.8. The summed E-state index contributed by atoms with van der Waals surface area (Å²) in [6, 6.07) is 18.3. The number of thioether (sulfide) groups is 1. The van der Waals surface area contributed by atoms with Crippen LogP contribution < -0.4 is 5.32 Å². The number of benzene rings is 2. The molecule has 25 heavy (non-hydrogen) atoms. The number of rotatable bonds is 4. The second-order valence-corrected chi connectivity index (χ2v) is 6.23. The zero-order valence-electron chi connectivity index (χ0n) is 13.2. The van der Waals surface area contributed by atoms with Gasteiger partial charge in [-0.05, 0) is 30.5 Å². The first-order valence-electron chi connectivity index (χ1n) is 7.34. The summed E-state index contributed by atoms with van der Waals surface area (Å²) in [6.45, 7) is 0. The van der Waals surface area contributed by atoms with Crippen LogP contribution in [0.2, 0.25) is 5.02 Å². The Balaban J connectivity index is 2.03. The highest BCUT2D eigenvalue weighted by atomic mass is 35.5. The van der Waals surface area contributed by atoms with Crippen LogP contribution in [0.15, 0.2) is 59.6 Å². The van der Waals surface area contributed by atoms with Crippen LogP contribution in [0.5, 0.6) is 0 Å². The molecule has 0 radical (unpaired) electrons. The third-order valence-corrected chi connectivity index (χ3v) is 4.59. The number of anilines is 1. The Labute approximate surface area is 154 Å². The van der Waals surface area contributed by atoms with Crippen molar-refractivity contribution >= 4 is 35.1 Å². The van der Waals surface area contributed by atoms with E-state index in [1.807, 2.05) is 36.6 Å². The minimum absolute atomic E-state index is 0.209. The molecule has 1 amide bonds. The van der Waals surface area contributed by atoms with E-state index in [0.29, 0.717) is 21.2 Å². The summed E-state index contributed by atoms with van der Waals surface area (Å²) in [5.41, 5.74) is 1.45. The first kappa shape index (κ1) is 17.1. The molecule has 0 spiro atoms. The fourth-order valence-electron chi connectivity index (χ4n) is 2.34. The molecular formula is C18H13ClN4OS. The Morgan fingerprint density at radius 2 is 1.88 bits per heavy atom. The van der Waals surface area contributed by atoms with E-state index in [1.165, 1.54) is 11.8 Å². The number of amides is 1. The molecule has 3 rings (SSSR count). The third-order valence-electron chi connectivity index (χ3n) is 3.50. The largest absolute Gasteiger partial charge is 0.304 e. The van der Waals surface area contributed by atoms with Gasteiger partial charge in [-0.15, -0.1) is 16.9 Å². The molecular weight excluding hydrogens is 356 g/mol. The number of para-hydroxylation sites is 1. The van der Waals surface area contributed by atoms with Crippen LogP contribution in [0.4, 0.5) is 5.82 Å². The molecule has 3 aromatic rings. The van der Waals surface area contributed by atoms with Crippen LogP contribution in [-0.4, -0.2) is 21.9 Å². The summed E-state index contributed by atoms with van der Waals surface area (Å²) < 4.78 is 1.64. The van der Waals surface area contributed by atoms with Crippen molar-refractivity contribution < 1.29 is 4.79 Å². The molecule has 5 nitrogen and oxygen atoms in total. The monoisotopic (exact) mass is 368 g/mol. The van der Waals surface area contributed by atoms with Crippen molar-refractivity contribution in [2.45, 2.75) is 5.03 Å². The number of nitrogens with one attached hydrogen (secondary N) is 1. The van der Waals surface area contributed by atoms with E-state index in [9.17, 15) is 10.1 Å². The first-order chi connectivity index (χ1) is 12.2. The molecule has 7 heteroatoms. The number of carbonyl (C=O) groups excluding carboxylic acids is 1. The van der Waals surface area contributed by atoms with Crippen molar-refractivity contribution in [3.63, 3.8) is 0 Å². The van der Waals surface area contributed by atoms with E-state index in [2.05, 4.69) is 16.5 Å². The Morgan fingerprint density at radius 1 is 1.20 bits per heavy atom. The minimum atomic E-state index is -0.410. The summed E-state index contributed by atoms with van der Waals surface area (Å²) >= 11 is 7.45. The minimum Gasteiger partial charge on any atom is -0.304 e. The lowest BCUT2D eigenvalue weighted by Gasteiger charge is -2.04. The molecule has 0 saturated carbocycles. The van der Waals surface area contributed by atoms with E-state index in [1.54, 1.807) is 28.9 Å². The highest BCUT2D eigenvalue weighted by Gasteiger charge is 2.21. The molecule has 1 heterocycles. The van der Waals surface area contributed by atoms with Gasteiger partial charge in [-0.25, -0.2) is 4.68 Å². The van der Waals surface area contributed by atoms with E-state index < -0.39 is 5.91 Å². The van der Waals surface area contributed by atoms with E-state index >= 15 is 0 Å². The van der Waals surface area contributed by atoms with Crippen molar-refractivity contribution in [1.82, 2.24) is 9.78 Å².